The minimum Gasteiger partial charge on any atom is -0.503 e. The number of nitrogens with zero attached hydrogens (tertiary/aromatic N) is 1. The summed E-state index contributed by atoms with van der Waals surface area (Å²) in [6.45, 7) is 2.23. The number of amides is 1. The molecule has 1 amide bonds. The van der Waals surface area contributed by atoms with Gasteiger partial charge in [0.2, 0.25) is 0 Å². The molecule has 8 nitrogen and oxygen atoms in total. The van der Waals surface area contributed by atoms with Gasteiger partial charge in [-0.3, -0.25) is 4.79 Å². The molecule has 0 bridgehead atoms. The van der Waals surface area contributed by atoms with E-state index in [-0.39, 0.29) is 30.1 Å². The van der Waals surface area contributed by atoms with Crippen molar-refractivity contribution >= 4 is 11.9 Å². The second-order valence-corrected chi connectivity index (χ2v) is 7.31. The average molecular weight is 414 g/mol. The molecule has 3 rings (SSSR count). The predicted octanol–water partition coefficient (Wildman–Crippen LogP) is 2.11. The lowest BCUT2D eigenvalue weighted by Gasteiger charge is -2.20. The molecule has 2 unspecified atom stereocenters. The van der Waals surface area contributed by atoms with Crippen LogP contribution in [0.15, 0.2) is 42.6 Å². The van der Waals surface area contributed by atoms with Gasteiger partial charge in [0.1, 0.15) is 0 Å². The van der Waals surface area contributed by atoms with Gasteiger partial charge < -0.3 is 24.6 Å². The number of cyclic esters (lactones) is 1. The van der Waals surface area contributed by atoms with Crippen LogP contribution in [0.2, 0.25) is 0 Å². The van der Waals surface area contributed by atoms with Crippen LogP contribution < -0.4 is 10.1 Å². The summed E-state index contributed by atoms with van der Waals surface area (Å²) in [5, 5.41) is 12.7. The normalized spacial score (nSPS) is 22.2. The summed E-state index contributed by atoms with van der Waals surface area (Å²) in [6, 6.07) is 10.5. The van der Waals surface area contributed by atoms with Crippen molar-refractivity contribution in [3.8, 4) is 11.5 Å². The highest BCUT2D eigenvalue weighted by molar-refractivity contribution is 5.98. The van der Waals surface area contributed by atoms with Gasteiger partial charge in [-0.05, 0) is 31.2 Å². The predicted molar refractivity (Wildman–Crippen MR) is 108 cm³/mol. The number of hydrogen-bond donors (Lipinski definition) is 2. The van der Waals surface area contributed by atoms with Crippen molar-refractivity contribution in [1.82, 2.24) is 10.3 Å². The summed E-state index contributed by atoms with van der Waals surface area (Å²) in [5.41, 5.74) is 0.949. The topological polar surface area (TPSA) is 107 Å². The molecule has 1 aromatic carbocycles. The Kier molecular flexibility index (Phi) is 7.24. The van der Waals surface area contributed by atoms with E-state index in [1.807, 2.05) is 25.1 Å². The Balaban J connectivity index is 1.67. The standard InChI is InChI=1S/C22H26N2O6/c1-14-10-16(11-15-6-4-3-5-7-15)12-29-13-17(22(27)30-14)24-21(26)19-20(25)18(28-2)8-9-23-19/h3-9,14,16-17,25H,10-13H2,1-2H3,(H,24,26)/t14?,16?,17-/m0/s1. The quantitative estimate of drug-likeness (QED) is 0.722. The Labute approximate surface area is 175 Å². The molecule has 0 spiro atoms. The highest BCUT2D eigenvalue weighted by atomic mass is 16.5. The lowest BCUT2D eigenvalue weighted by Crippen LogP contribution is -2.45. The molecule has 2 aromatic rings. The van der Waals surface area contributed by atoms with Gasteiger partial charge in [-0.15, -0.1) is 0 Å². The first-order valence-corrected chi connectivity index (χ1v) is 9.83. The third-order valence-corrected chi connectivity index (χ3v) is 4.90. The van der Waals surface area contributed by atoms with Gasteiger partial charge in [-0.25, -0.2) is 9.78 Å². The Morgan fingerprint density at radius 3 is 2.77 bits per heavy atom. The molecule has 2 heterocycles. The summed E-state index contributed by atoms with van der Waals surface area (Å²) in [5.74, 6) is -1.41. The second-order valence-electron chi connectivity index (χ2n) is 7.31. The van der Waals surface area contributed by atoms with Crippen molar-refractivity contribution in [2.45, 2.75) is 31.9 Å². The first kappa shape index (κ1) is 21.6. The number of pyridine rings is 1. The summed E-state index contributed by atoms with van der Waals surface area (Å²) in [7, 11) is 1.37. The number of aromatic hydroxyl groups is 1. The van der Waals surface area contributed by atoms with E-state index in [0.29, 0.717) is 13.0 Å². The van der Waals surface area contributed by atoms with Gasteiger partial charge >= 0.3 is 5.97 Å². The van der Waals surface area contributed by atoms with Crippen LogP contribution in [0.3, 0.4) is 0 Å². The average Bonchev–Trinajstić information content (AvgIpc) is 2.78. The number of methoxy groups -OCH3 is 1. The van der Waals surface area contributed by atoms with E-state index < -0.39 is 23.7 Å². The summed E-state index contributed by atoms with van der Waals surface area (Å²) < 4.78 is 16.3. The molecule has 160 valence electrons. The van der Waals surface area contributed by atoms with Crippen LogP contribution in [-0.4, -0.2) is 54.4 Å². The fourth-order valence-electron chi connectivity index (χ4n) is 3.47. The number of hydrogen-bond acceptors (Lipinski definition) is 7. The third-order valence-electron chi connectivity index (χ3n) is 4.90. The molecule has 0 radical (unpaired) electrons. The van der Waals surface area contributed by atoms with Crippen LogP contribution in [0, 0.1) is 5.92 Å². The smallest absolute Gasteiger partial charge is 0.331 e. The van der Waals surface area contributed by atoms with Gasteiger partial charge in [-0.1, -0.05) is 30.3 Å². The van der Waals surface area contributed by atoms with E-state index >= 15 is 0 Å². The number of nitrogens with one attached hydrogen (secondary N) is 1. The zero-order chi connectivity index (χ0) is 21.5. The van der Waals surface area contributed by atoms with E-state index in [4.69, 9.17) is 14.2 Å². The zero-order valence-corrected chi connectivity index (χ0v) is 17.0. The fraction of sp³-hybridized carbons (Fsp3) is 0.409. The van der Waals surface area contributed by atoms with Crippen LogP contribution in [0.1, 0.15) is 29.4 Å². The largest absolute Gasteiger partial charge is 0.503 e. The van der Waals surface area contributed by atoms with Crippen molar-refractivity contribution in [2.24, 2.45) is 5.92 Å². The molecule has 1 saturated heterocycles. The number of ether oxygens (including phenoxy) is 3. The first-order valence-electron chi connectivity index (χ1n) is 9.83. The third kappa shape index (κ3) is 5.48. The van der Waals surface area contributed by atoms with Crippen molar-refractivity contribution in [1.29, 1.82) is 0 Å². The monoisotopic (exact) mass is 414 g/mol. The van der Waals surface area contributed by atoms with E-state index in [9.17, 15) is 14.7 Å². The van der Waals surface area contributed by atoms with Crippen LogP contribution in [-0.2, 0) is 20.7 Å². The molecule has 0 saturated carbocycles. The van der Waals surface area contributed by atoms with Gasteiger partial charge in [0.15, 0.2) is 23.2 Å². The van der Waals surface area contributed by atoms with Gasteiger partial charge in [-0.2, -0.15) is 0 Å². The molecule has 1 aliphatic heterocycles. The minimum atomic E-state index is -1.01. The zero-order valence-electron chi connectivity index (χ0n) is 17.0. The van der Waals surface area contributed by atoms with Crippen LogP contribution in [0.4, 0.5) is 0 Å². The lowest BCUT2D eigenvalue weighted by molar-refractivity contribution is -0.151. The van der Waals surface area contributed by atoms with Crippen molar-refractivity contribution < 1.29 is 28.9 Å². The Morgan fingerprint density at radius 2 is 2.03 bits per heavy atom. The van der Waals surface area contributed by atoms with Crippen LogP contribution in [0.25, 0.3) is 0 Å². The van der Waals surface area contributed by atoms with E-state index in [2.05, 4.69) is 22.4 Å². The fourth-order valence-corrected chi connectivity index (χ4v) is 3.47. The van der Waals surface area contributed by atoms with Gasteiger partial charge in [0.05, 0.1) is 19.8 Å². The van der Waals surface area contributed by atoms with Crippen LogP contribution >= 0.6 is 0 Å². The van der Waals surface area contributed by atoms with Crippen molar-refractivity contribution in [3.63, 3.8) is 0 Å². The number of carbonyl (C=O) groups excluding carboxylic acids is 2. The first-order chi connectivity index (χ1) is 14.5. The number of aromatic nitrogens is 1. The Morgan fingerprint density at radius 1 is 1.27 bits per heavy atom. The summed E-state index contributed by atoms with van der Waals surface area (Å²) >= 11 is 0. The molecule has 30 heavy (non-hydrogen) atoms. The molecular weight excluding hydrogens is 388 g/mol. The van der Waals surface area contributed by atoms with E-state index in [0.717, 1.165) is 6.42 Å². The molecule has 1 aromatic heterocycles. The maximum absolute atomic E-state index is 12.6. The highest BCUT2D eigenvalue weighted by Crippen LogP contribution is 2.27. The SMILES string of the molecule is COc1ccnc(C(=O)N[C@H]2COCC(Cc3ccccc3)CC(C)OC2=O)c1O. The Hall–Kier alpha value is -3.13. The molecule has 8 heteroatoms. The van der Waals surface area contributed by atoms with E-state index in [1.165, 1.54) is 24.9 Å². The molecule has 1 aliphatic rings. The van der Waals surface area contributed by atoms with Crippen molar-refractivity contribution in [2.75, 3.05) is 20.3 Å². The maximum atomic E-state index is 12.6. The van der Waals surface area contributed by atoms with E-state index in [1.54, 1.807) is 0 Å². The maximum Gasteiger partial charge on any atom is 0.331 e. The lowest BCUT2D eigenvalue weighted by atomic mass is 9.95. The van der Waals surface area contributed by atoms with Crippen molar-refractivity contribution in [3.05, 3.63) is 53.9 Å². The highest BCUT2D eigenvalue weighted by Gasteiger charge is 2.30. The molecule has 1 fully saturated rings. The molecule has 2 N–H and O–H groups in total. The summed E-state index contributed by atoms with van der Waals surface area (Å²) in [4.78, 5) is 29.0. The molecule has 3 atom stereocenters. The molecule has 0 aliphatic carbocycles. The minimum absolute atomic E-state index is 0.0344. The second kappa shape index (κ2) is 10.1. The van der Waals surface area contributed by atoms with Crippen LogP contribution in [0.5, 0.6) is 11.5 Å². The molecular formula is C22H26N2O6. The number of carbonyl (C=O) groups is 2. The number of rotatable bonds is 5. The van der Waals surface area contributed by atoms with Gasteiger partial charge in [0.25, 0.3) is 5.91 Å². The number of benzene rings is 1. The summed E-state index contributed by atoms with van der Waals surface area (Å²) in [6.07, 6.45) is 2.47. The van der Waals surface area contributed by atoms with Gasteiger partial charge in [0, 0.05) is 18.9 Å². The Bertz CT molecular complexity index is 873. The number of esters is 1.